The lowest BCUT2D eigenvalue weighted by atomic mass is 10.1. The Hall–Kier alpha value is -2.90. The van der Waals surface area contributed by atoms with Crippen molar-refractivity contribution in [3.05, 3.63) is 42.5 Å². The second kappa shape index (κ2) is 6.78. The second-order valence-corrected chi connectivity index (χ2v) is 6.73. The molecular weight excluding hydrogens is 332 g/mol. The summed E-state index contributed by atoms with van der Waals surface area (Å²) in [7, 11) is 1.68. The molecule has 4 rings (SSSR count). The van der Waals surface area contributed by atoms with Crippen molar-refractivity contribution in [3.63, 3.8) is 0 Å². The fourth-order valence-electron chi connectivity index (χ4n) is 3.71. The van der Waals surface area contributed by atoms with Crippen LogP contribution in [0.2, 0.25) is 0 Å². The van der Waals surface area contributed by atoms with Crippen molar-refractivity contribution in [2.75, 3.05) is 18.5 Å². The van der Waals surface area contributed by atoms with Gasteiger partial charge in [-0.05, 0) is 31.4 Å². The van der Waals surface area contributed by atoms with E-state index in [0.29, 0.717) is 13.0 Å². The molecule has 3 amide bonds. The van der Waals surface area contributed by atoms with Crippen molar-refractivity contribution in [1.82, 2.24) is 25.0 Å². The Balaban J connectivity index is 1.43. The molecular formula is C18H22N6O2. The first-order valence-electron chi connectivity index (χ1n) is 8.92. The van der Waals surface area contributed by atoms with E-state index in [1.165, 1.54) is 11.2 Å². The van der Waals surface area contributed by atoms with Crippen molar-refractivity contribution >= 4 is 17.6 Å². The van der Waals surface area contributed by atoms with Crippen molar-refractivity contribution in [2.45, 2.75) is 37.9 Å². The lowest BCUT2D eigenvalue weighted by molar-refractivity contribution is -0.120. The van der Waals surface area contributed by atoms with Crippen molar-refractivity contribution in [1.29, 1.82) is 0 Å². The number of aryl methyl sites for hydroxylation is 1. The third-order valence-electron chi connectivity index (χ3n) is 5.15. The number of benzene rings is 1. The zero-order valence-corrected chi connectivity index (χ0v) is 14.7. The molecule has 0 bridgehead atoms. The molecule has 1 saturated heterocycles. The normalized spacial score (nSPS) is 22.2. The maximum absolute atomic E-state index is 12.8. The van der Waals surface area contributed by atoms with E-state index in [9.17, 15) is 9.59 Å². The molecule has 0 aliphatic carbocycles. The van der Waals surface area contributed by atoms with Crippen LogP contribution in [-0.2, 0) is 11.3 Å². The van der Waals surface area contributed by atoms with Crippen molar-refractivity contribution in [2.24, 2.45) is 0 Å². The quantitative estimate of drug-likeness (QED) is 0.907. The molecule has 8 nitrogen and oxygen atoms in total. The minimum atomic E-state index is -0.448. The molecule has 2 aliphatic rings. The summed E-state index contributed by atoms with van der Waals surface area (Å²) in [6.45, 7) is 1.44. The van der Waals surface area contributed by atoms with Gasteiger partial charge in [0, 0.05) is 25.8 Å². The predicted octanol–water partition coefficient (Wildman–Crippen LogP) is 1.56. The van der Waals surface area contributed by atoms with Crippen LogP contribution in [0, 0.1) is 0 Å². The molecule has 2 unspecified atom stereocenters. The third kappa shape index (κ3) is 2.91. The number of likely N-dealkylation sites (N-methyl/N-ethyl adjacent to an activating group) is 1. The Labute approximate surface area is 151 Å². The summed E-state index contributed by atoms with van der Waals surface area (Å²) in [4.78, 5) is 33.0. The number of fused-ring (bicyclic) bond motifs is 1. The van der Waals surface area contributed by atoms with Gasteiger partial charge in [0.05, 0.1) is 6.04 Å². The highest BCUT2D eigenvalue weighted by molar-refractivity contribution is 6.01. The summed E-state index contributed by atoms with van der Waals surface area (Å²) in [6.07, 6.45) is 3.91. The van der Waals surface area contributed by atoms with Gasteiger partial charge in [0.1, 0.15) is 18.2 Å². The molecule has 2 atom stereocenters. The Morgan fingerprint density at radius 2 is 2.04 bits per heavy atom. The van der Waals surface area contributed by atoms with Crippen molar-refractivity contribution in [3.8, 4) is 0 Å². The van der Waals surface area contributed by atoms with E-state index in [4.69, 9.17) is 0 Å². The second-order valence-electron chi connectivity index (χ2n) is 6.73. The third-order valence-corrected chi connectivity index (χ3v) is 5.15. The molecule has 1 fully saturated rings. The zero-order valence-electron chi connectivity index (χ0n) is 14.7. The van der Waals surface area contributed by atoms with E-state index in [1.54, 1.807) is 11.9 Å². The number of urea groups is 1. The lowest BCUT2D eigenvalue weighted by Crippen LogP contribution is -2.48. The average molecular weight is 354 g/mol. The highest BCUT2D eigenvalue weighted by Crippen LogP contribution is 2.25. The first-order chi connectivity index (χ1) is 12.6. The molecule has 136 valence electrons. The molecule has 1 aromatic carbocycles. The number of carbonyl (C=O) groups excluding carboxylic acids is 2. The molecule has 2 aliphatic heterocycles. The highest BCUT2D eigenvalue weighted by Gasteiger charge is 2.38. The molecule has 8 heteroatoms. The van der Waals surface area contributed by atoms with E-state index in [2.05, 4.69) is 15.4 Å². The Morgan fingerprint density at radius 3 is 2.85 bits per heavy atom. The number of para-hydroxylation sites is 1. The Morgan fingerprint density at radius 1 is 1.23 bits per heavy atom. The standard InChI is InChI=1S/C18H22N6O2/c1-22(15-9-11-23(17(15)25)13-6-3-2-4-7-13)18(26)21-14-8-5-10-24-16(14)19-12-20-24/h2-4,6-7,12,14-15H,5,8-11H2,1H3,(H,21,26). The molecule has 2 aromatic rings. The Kier molecular flexibility index (Phi) is 4.32. The minimum Gasteiger partial charge on any atom is -0.328 e. The maximum atomic E-state index is 12.8. The van der Waals surface area contributed by atoms with Crippen LogP contribution < -0.4 is 10.2 Å². The van der Waals surface area contributed by atoms with Gasteiger partial charge in [0.15, 0.2) is 0 Å². The van der Waals surface area contributed by atoms with Gasteiger partial charge in [-0.25, -0.2) is 14.5 Å². The van der Waals surface area contributed by atoms with Gasteiger partial charge in [-0.1, -0.05) is 18.2 Å². The summed E-state index contributed by atoms with van der Waals surface area (Å²) in [6, 6.07) is 8.70. The van der Waals surface area contributed by atoms with Crippen LogP contribution in [0.15, 0.2) is 36.7 Å². The van der Waals surface area contributed by atoms with Crippen LogP contribution >= 0.6 is 0 Å². The van der Waals surface area contributed by atoms with Gasteiger partial charge in [0.2, 0.25) is 5.91 Å². The number of hydrogen-bond acceptors (Lipinski definition) is 4. The van der Waals surface area contributed by atoms with Crippen molar-refractivity contribution < 1.29 is 9.59 Å². The number of amides is 3. The van der Waals surface area contributed by atoms with Crippen LogP contribution in [-0.4, -0.2) is 51.2 Å². The number of nitrogens with one attached hydrogen (secondary N) is 1. The van der Waals surface area contributed by atoms with Crippen LogP contribution in [0.1, 0.15) is 31.1 Å². The molecule has 1 aromatic heterocycles. The average Bonchev–Trinajstić information content (AvgIpc) is 3.29. The van der Waals surface area contributed by atoms with E-state index < -0.39 is 6.04 Å². The van der Waals surface area contributed by atoms with E-state index in [1.807, 2.05) is 35.0 Å². The lowest BCUT2D eigenvalue weighted by Gasteiger charge is -2.28. The molecule has 0 radical (unpaired) electrons. The van der Waals surface area contributed by atoms with E-state index >= 15 is 0 Å². The largest absolute Gasteiger partial charge is 0.328 e. The zero-order chi connectivity index (χ0) is 18.1. The SMILES string of the molecule is CN(C(=O)NC1CCCn2ncnc21)C1CCN(c2ccccc2)C1=O. The number of rotatable bonds is 3. The topological polar surface area (TPSA) is 83.4 Å². The molecule has 0 saturated carbocycles. The van der Waals surface area contributed by atoms with Crippen LogP contribution in [0.25, 0.3) is 0 Å². The predicted molar refractivity (Wildman–Crippen MR) is 95.5 cm³/mol. The molecule has 26 heavy (non-hydrogen) atoms. The minimum absolute atomic E-state index is 0.0411. The summed E-state index contributed by atoms with van der Waals surface area (Å²) >= 11 is 0. The number of nitrogens with zero attached hydrogens (tertiary/aromatic N) is 5. The number of anilines is 1. The summed E-state index contributed by atoms with van der Waals surface area (Å²) in [5.41, 5.74) is 0.870. The van der Waals surface area contributed by atoms with Gasteiger partial charge >= 0.3 is 6.03 Å². The summed E-state index contributed by atoms with van der Waals surface area (Å²) in [5, 5.41) is 7.18. The van der Waals surface area contributed by atoms with Crippen LogP contribution in [0.3, 0.4) is 0 Å². The van der Waals surface area contributed by atoms with Gasteiger partial charge in [-0.2, -0.15) is 5.10 Å². The maximum Gasteiger partial charge on any atom is 0.318 e. The number of hydrogen-bond donors (Lipinski definition) is 1. The molecule has 3 heterocycles. The number of aromatic nitrogens is 3. The Bertz CT molecular complexity index is 805. The van der Waals surface area contributed by atoms with Gasteiger partial charge in [-0.3, -0.25) is 4.79 Å². The first kappa shape index (κ1) is 16.6. The molecule has 0 spiro atoms. The summed E-state index contributed by atoms with van der Waals surface area (Å²) < 4.78 is 1.83. The molecule has 1 N–H and O–H groups in total. The van der Waals surface area contributed by atoms with E-state index in [-0.39, 0.29) is 18.0 Å². The number of carbonyl (C=O) groups is 2. The fraction of sp³-hybridized carbons (Fsp3) is 0.444. The smallest absolute Gasteiger partial charge is 0.318 e. The van der Waals surface area contributed by atoms with Gasteiger partial charge in [-0.15, -0.1) is 0 Å². The van der Waals surface area contributed by atoms with Gasteiger partial charge in [0.25, 0.3) is 0 Å². The van der Waals surface area contributed by atoms with E-state index in [0.717, 1.165) is 30.9 Å². The highest BCUT2D eigenvalue weighted by atomic mass is 16.2. The first-order valence-corrected chi connectivity index (χ1v) is 8.92. The van der Waals surface area contributed by atoms with Gasteiger partial charge < -0.3 is 15.1 Å². The summed E-state index contributed by atoms with van der Waals surface area (Å²) in [5.74, 6) is 0.738. The van der Waals surface area contributed by atoms with Crippen LogP contribution in [0.4, 0.5) is 10.5 Å². The monoisotopic (exact) mass is 354 g/mol. The van der Waals surface area contributed by atoms with Crippen LogP contribution in [0.5, 0.6) is 0 Å². The fourth-order valence-corrected chi connectivity index (χ4v) is 3.71.